The van der Waals surface area contributed by atoms with Crippen LogP contribution in [0.5, 0.6) is 0 Å². The minimum Gasteiger partial charge on any atom is -0.266 e. The van der Waals surface area contributed by atoms with Gasteiger partial charge in [-0.15, -0.1) is 0 Å². The Bertz CT molecular complexity index is 1080. The van der Waals surface area contributed by atoms with Gasteiger partial charge in [0, 0.05) is 0 Å². The Hall–Kier alpha value is -3.00. The van der Waals surface area contributed by atoms with E-state index in [0.717, 1.165) is 6.07 Å². The zero-order valence-electron chi connectivity index (χ0n) is 14.1. The van der Waals surface area contributed by atoms with Crippen molar-refractivity contribution in [3.63, 3.8) is 0 Å². The summed E-state index contributed by atoms with van der Waals surface area (Å²) in [7, 11) is -4.37. The lowest BCUT2D eigenvalue weighted by molar-refractivity contribution is 0.0974. The molecule has 0 fully saturated rings. The van der Waals surface area contributed by atoms with E-state index in [1.165, 1.54) is 29.8 Å². The molecule has 0 radical (unpaired) electrons. The summed E-state index contributed by atoms with van der Waals surface area (Å²) >= 11 is 0. The fourth-order valence-electron chi connectivity index (χ4n) is 2.48. The van der Waals surface area contributed by atoms with Gasteiger partial charge in [-0.25, -0.2) is 22.2 Å². The standard InChI is InChI=1S/C18H16FN3O3S/c1-12-7-6-10-16(17(12)19)26(24,25)21-18(23)15-11-13(2)20-22(15)14-8-4-3-5-9-14/h3-11H,1-2H3,(H,21,23). The zero-order valence-corrected chi connectivity index (χ0v) is 14.9. The van der Waals surface area contributed by atoms with Crippen LogP contribution in [0.1, 0.15) is 21.7 Å². The number of rotatable bonds is 4. The Labute approximate surface area is 150 Å². The molecule has 1 aromatic heterocycles. The first-order valence-electron chi connectivity index (χ1n) is 7.74. The Balaban J connectivity index is 1.98. The molecule has 2 aromatic carbocycles. The number of aromatic nitrogens is 2. The summed E-state index contributed by atoms with van der Waals surface area (Å²) in [6.45, 7) is 3.13. The number of para-hydroxylation sites is 1. The highest BCUT2D eigenvalue weighted by Gasteiger charge is 2.25. The molecule has 0 spiro atoms. The maximum atomic E-state index is 14.2. The topological polar surface area (TPSA) is 81.1 Å². The Morgan fingerprint density at radius 1 is 1.08 bits per heavy atom. The first-order chi connectivity index (χ1) is 12.3. The molecule has 1 heterocycles. The number of sulfonamides is 1. The van der Waals surface area contributed by atoms with Crippen molar-refractivity contribution in [3.8, 4) is 5.69 Å². The van der Waals surface area contributed by atoms with Gasteiger partial charge in [-0.1, -0.05) is 30.3 Å². The number of aryl methyl sites for hydroxylation is 2. The smallest absolute Gasteiger partial charge is 0.266 e. The van der Waals surface area contributed by atoms with Crippen LogP contribution in [0.15, 0.2) is 59.5 Å². The number of benzene rings is 2. The minimum atomic E-state index is -4.37. The molecular formula is C18H16FN3O3S. The molecule has 0 bridgehead atoms. The molecule has 1 amide bonds. The molecule has 0 aliphatic heterocycles. The lowest BCUT2D eigenvalue weighted by atomic mass is 10.2. The van der Waals surface area contributed by atoms with Crippen LogP contribution in [0.2, 0.25) is 0 Å². The van der Waals surface area contributed by atoms with Gasteiger partial charge in [-0.05, 0) is 43.7 Å². The van der Waals surface area contributed by atoms with Gasteiger partial charge >= 0.3 is 0 Å². The highest BCUT2D eigenvalue weighted by Crippen LogP contribution is 2.18. The monoisotopic (exact) mass is 373 g/mol. The maximum absolute atomic E-state index is 14.2. The van der Waals surface area contributed by atoms with Gasteiger partial charge < -0.3 is 0 Å². The Morgan fingerprint density at radius 3 is 2.46 bits per heavy atom. The predicted octanol–water partition coefficient (Wildman–Crippen LogP) is 2.75. The molecule has 0 saturated heterocycles. The van der Waals surface area contributed by atoms with Crippen LogP contribution in [-0.2, 0) is 10.0 Å². The van der Waals surface area contributed by atoms with Crippen LogP contribution in [0, 0.1) is 19.7 Å². The summed E-state index contributed by atoms with van der Waals surface area (Å²) in [4.78, 5) is 12.0. The molecule has 0 unspecified atom stereocenters. The zero-order chi connectivity index (χ0) is 18.9. The van der Waals surface area contributed by atoms with Gasteiger partial charge in [0.1, 0.15) is 16.4 Å². The highest BCUT2D eigenvalue weighted by atomic mass is 32.2. The molecular weight excluding hydrogens is 357 g/mol. The third-order valence-corrected chi connectivity index (χ3v) is 5.09. The van der Waals surface area contributed by atoms with E-state index in [-0.39, 0.29) is 11.3 Å². The van der Waals surface area contributed by atoms with Crippen LogP contribution < -0.4 is 4.72 Å². The summed E-state index contributed by atoms with van der Waals surface area (Å²) in [5.41, 5.74) is 1.35. The SMILES string of the molecule is Cc1cc(C(=O)NS(=O)(=O)c2cccc(C)c2F)n(-c2ccccc2)n1. The molecule has 134 valence electrons. The number of amides is 1. The van der Waals surface area contributed by atoms with E-state index in [9.17, 15) is 17.6 Å². The van der Waals surface area contributed by atoms with Gasteiger partial charge in [0.15, 0.2) is 0 Å². The maximum Gasteiger partial charge on any atom is 0.283 e. The molecule has 0 aliphatic carbocycles. The first-order valence-corrected chi connectivity index (χ1v) is 9.22. The van der Waals surface area contributed by atoms with E-state index in [1.54, 1.807) is 31.2 Å². The molecule has 3 aromatic rings. The number of carbonyl (C=O) groups is 1. The van der Waals surface area contributed by atoms with Crippen LogP contribution in [-0.4, -0.2) is 24.1 Å². The second-order valence-electron chi connectivity index (χ2n) is 5.74. The number of halogens is 1. The average Bonchev–Trinajstić information content (AvgIpc) is 2.99. The van der Waals surface area contributed by atoms with Crippen molar-refractivity contribution in [3.05, 3.63) is 77.4 Å². The molecule has 0 atom stereocenters. The molecule has 0 saturated carbocycles. The van der Waals surface area contributed by atoms with Gasteiger partial charge in [0.25, 0.3) is 15.9 Å². The van der Waals surface area contributed by atoms with Crippen molar-refractivity contribution in [2.24, 2.45) is 0 Å². The largest absolute Gasteiger partial charge is 0.283 e. The van der Waals surface area contributed by atoms with Crippen molar-refractivity contribution in [1.29, 1.82) is 0 Å². The van der Waals surface area contributed by atoms with Gasteiger partial charge in [0.05, 0.1) is 11.4 Å². The summed E-state index contributed by atoms with van der Waals surface area (Å²) in [6.07, 6.45) is 0. The summed E-state index contributed by atoms with van der Waals surface area (Å²) in [5, 5.41) is 4.22. The number of nitrogens with one attached hydrogen (secondary N) is 1. The van der Waals surface area contributed by atoms with E-state index in [4.69, 9.17) is 0 Å². The first kappa shape index (κ1) is 17.8. The van der Waals surface area contributed by atoms with E-state index >= 15 is 0 Å². The van der Waals surface area contributed by atoms with E-state index < -0.39 is 26.6 Å². The van der Waals surface area contributed by atoms with Gasteiger partial charge in [-0.2, -0.15) is 5.10 Å². The Morgan fingerprint density at radius 2 is 1.77 bits per heavy atom. The van der Waals surface area contributed by atoms with E-state index in [1.807, 2.05) is 10.8 Å². The number of hydrogen-bond donors (Lipinski definition) is 1. The molecule has 8 heteroatoms. The summed E-state index contributed by atoms with van der Waals surface area (Å²) in [5.74, 6) is -1.78. The minimum absolute atomic E-state index is 0.0327. The normalized spacial score (nSPS) is 11.3. The Kier molecular flexibility index (Phi) is 4.60. The van der Waals surface area contributed by atoms with Crippen LogP contribution in [0.3, 0.4) is 0 Å². The van der Waals surface area contributed by atoms with Gasteiger partial charge in [-0.3, -0.25) is 4.79 Å². The van der Waals surface area contributed by atoms with Crippen molar-refractivity contribution in [1.82, 2.24) is 14.5 Å². The third-order valence-electron chi connectivity index (χ3n) is 3.74. The summed E-state index contributed by atoms with van der Waals surface area (Å²) in [6, 6.07) is 14.3. The fraction of sp³-hybridized carbons (Fsp3) is 0.111. The van der Waals surface area contributed by atoms with Crippen molar-refractivity contribution < 1.29 is 17.6 Å². The number of nitrogens with zero attached hydrogens (tertiary/aromatic N) is 2. The van der Waals surface area contributed by atoms with Crippen LogP contribution in [0.4, 0.5) is 4.39 Å². The fourth-order valence-corrected chi connectivity index (χ4v) is 3.60. The lowest BCUT2D eigenvalue weighted by Gasteiger charge is -2.10. The van der Waals surface area contributed by atoms with Crippen LogP contribution in [0.25, 0.3) is 5.69 Å². The van der Waals surface area contributed by atoms with E-state index in [2.05, 4.69) is 5.10 Å². The average molecular weight is 373 g/mol. The van der Waals surface area contributed by atoms with E-state index in [0.29, 0.717) is 11.4 Å². The van der Waals surface area contributed by atoms with Gasteiger partial charge in [0.2, 0.25) is 0 Å². The lowest BCUT2D eigenvalue weighted by Crippen LogP contribution is -2.32. The summed E-state index contributed by atoms with van der Waals surface area (Å²) < 4.78 is 42.3. The third kappa shape index (κ3) is 3.36. The molecule has 1 N–H and O–H groups in total. The predicted molar refractivity (Wildman–Crippen MR) is 94.1 cm³/mol. The quantitative estimate of drug-likeness (QED) is 0.762. The van der Waals surface area contributed by atoms with Crippen molar-refractivity contribution in [2.45, 2.75) is 18.7 Å². The number of carbonyl (C=O) groups excluding carboxylic acids is 1. The van der Waals surface area contributed by atoms with Crippen LogP contribution >= 0.6 is 0 Å². The highest BCUT2D eigenvalue weighted by molar-refractivity contribution is 7.90. The number of hydrogen-bond acceptors (Lipinski definition) is 4. The second-order valence-corrected chi connectivity index (χ2v) is 7.39. The van der Waals surface area contributed by atoms with Crippen molar-refractivity contribution >= 4 is 15.9 Å². The van der Waals surface area contributed by atoms with Crippen molar-refractivity contribution in [2.75, 3.05) is 0 Å². The molecule has 0 aliphatic rings. The molecule has 3 rings (SSSR count). The molecule has 6 nitrogen and oxygen atoms in total. The second kappa shape index (κ2) is 6.72. The molecule has 26 heavy (non-hydrogen) atoms.